The van der Waals surface area contributed by atoms with Crippen LogP contribution in [0.15, 0.2) is 16.7 Å². The average Bonchev–Trinajstić information content (AvgIpc) is 3.01. The fraction of sp³-hybridized carbons (Fsp3) is 0.429. The summed E-state index contributed by atoms with van der Waals surface area (Å²) in [7, 11) is 4.37. The fourth-order valence-corrected chi connectivity index (χ4v) is 1.90. The van der Waals surface area contributed by atoms with Gasteiger partial charge in [0.05, 0.1) is 21.3 Å². The van der Waals surface area contributed by atoms with Gasteiger partial charge in [-0.3, -0.25) is 0 Å². The molecule has 0 bridgehead atoms. The molecule has 0 unspecified atom stereocenters. The molecule has 0 aliphatic carbocycles. The molecule has 0 spiro atoms. The minimum Gasteiger partial charge on any atom is -0.493 e. The summed E-state index contributed by atoms with van der Waals surface area (Å²) in [4.78, 5) is 3.98. The van der Waals surface area contributed by atoms with Crippen LogP contribution >= 0.6 is 0 Å². The predicted molar refractivity (Wildman–Crippen MR) is 75.1 cm³/mol. The Hall–Kier alpha value is -2.49. The molecule has 1 heterocycles. The maximum Gasteiger partial charge on any atom is 0.411 e. The SMILES string of the molecule is COc1cc(-c2noc(COCC(F)(F)F)n2)cc(OC)c1OC. The van der Waals surface area contributed by atoms with E-state index >= 15 is 0 Å². The lowest BCUT2D eigenvalue weighted by atomic mass is 10.1. The Morgan fingerprint density at radius 3 is 2.17 bits per heavy atom. The van der Waals surface area contributed by atoms with Gasteiger partial charge < -0.3 is 23.5 Å². The summed E-state index contributed by atoms with van der Waals surface area (Å²) < 4.78 is 61.1. The van der Waals surface area contributed by atoms with Gasteiger partial charge in [0.2, 0.25) is 11.6 Å². The Morgan fingerprint density at radius 2 is 1.67 bits per heavy atom. The molecule has 1 aromatic carbocycles. The summed E-state index contributed by atoms with van der Waals surface area (Å²) in [5, 5.41) is 3.71. The maximum absolute atomic E-state index is 12.0. The van der Waals surface area contributed by atoms with Crippen LogP contribution in [0.25, 0.3) is 11.4 Å². The van der Waals surface area contributed by atoms with Gasteiger partial charge >= 0.3 is 6.18 Å². The van der Waals surface area contributed by atoms with Gasteiger partial charge in [0, 0.05) is 5.56 Å². The van der Waals surface area contributed by atoms with E-state index in [2.05, 4.69) is 14.9 Å². The van der Waals surface area contributed by atoms with Gasteiger partial charge in [-0.1, -0.05) is 5.16 Å². The van der Waals surface area contributed by atoms with E-state index in [1.165, 1.54) is 21.3 Å². The predicted octanol–water partition coefficient (Wildman–Crippen LogP) is 2.84. The number of aromatic nitrogens is 2. The van der Waals surface area contributed by atoms with E-state index in [9.17, 15) is 13.2 Å². The molecular formula is C14H15F3N2O5. The second-order valence-electron chi connectivity index (χ2n) is 4.53. The third-order valence-electron chi connectivity index (χ3n) is 2.88. The van der Waals surface area contributed by atoms with E-state index in [4.69, 9.17) is 18.7 Å². The molecule has 0 aliphatic rings. The Morgan fingerprint density at radius 1 is 1.04 bits per heavy atom. The van der Waals surface area contributed by atoms with Crippen LogP contribution in [0.4, 0.5) is 13.2 Å². The van der Waals surface area contributed by atoms with Crippen molar-refractivity contribution in [2.24, 2.45) is 0 Å². The zero-order valence-corrected chi connectivity index (χ0v) is 13.1. The smallest absolute Gasteiger partial charge is 0.411 e. The zero-order valence-electron chi connectivity index (χ0n) is 13.1. The van der Waals surface area contributed by atoms with Crippen molar-refractivity contribution in [2.45, 2.75) is 12.8 Å². The van der Waals surface area contributed by atoms with Gasteiger partial charge in [0.25, 0.3) is 5.89 Å². The molecule has 1 aromatic heterocycles. The minimum atomic E-state index is -4.42. The van der Waals surface area contributed by atoms with Crippen molar-refractivity contribution in [1.29, 1.82) is 0 Å². The van der Waals surface area contributed by atoms with Crippen LogP contribution < -0.4 is 14.2 Å². The van der Waals surface area contributed by atoms with E-state index < -0.39 is 19.4 Å². The number of hydrogen-bond acceptors (Lipinski definition) is 7. The van der Waals surface area contributed by atoms with Crippen molar-refractivity contribution in [1.82, 2.24) is 10.1 Å². The van der Waals surface area contributed by atoms with Gasteiger partial charge in [-0.2, -0.15) is 18.2 Å². The van der Waals surface area contributed by atoms with Gasteiger partial charge in [0.1, 0.15) is 13.2 Å². The molecule has 7 nitrogen and oxygen atoms in total. The first-order valence-corrected chi connectivity index (χ1v) is 6.65. The Bertz CT molecular complexity index is 662. The highest BCUT2D eigenvalue weighted by molar-refractivity contribution is 5.66. The van der Waals surface area contributed by atoms with Crippen molar-refractivity contribution in [3.8, 4) is 28.6 Å². The molecule has 2 aromatic rings. The average molecular weight is 348 g/mol. The van der Waals surface area contributed by atoms with Crippen LogP contribution in [0, 0.1) is 0 Å². The highest BCUT2D eigenvalue weighted by atomic mass is 19.4. The van der Waals surface area contributed by atoms with Crippen LogP contribution in [0.3, 0.4) is 0 Å². The molecule has 0 amide bonds. The van der Waals surface area contributed by atoms with E-state index in [-0.39, 0.29) is 11.7 Å². The molecule has 0 fully saturated rings. The van der Waals surface area contributed by atoms with Crippen LogP contribution in [-0.4, -0.2) is 44.3 Å². The van der Waals surface area contributed by atoms with E-state index in [0.29, 0.717) is 22.8 Å². The van der Waals surface area contributed by atoms with Crippen LogP contribution in [0.2, 0.25) is 0 Å². The van der Waals surface area contributed by atoms with Crippen molar-refractivity contribution >= 4 is 0 Å². The summed E-state index contributed by atoms with van der Waals surface area (Å²) in [5.41, 5.74) is 0.482. The van der Waals surface area contributed by atoms with E-state index in [1.807, 2.05) is 0 Å². The normalized spacial score (nSPS) is 11.4. The molecule has 0 N–H and O–H groups in total. The first-order chi connectivity index (χ1) is 11.4. The quantitative estimate of drug-likeness (QED) is 0.761. The Labute approximate surface area is 135 Å². The fourth-order valence-electron chi connectivity index (χ4n) is 1.90. The summed E-state index contributed by atoms with van der Waals surface area (Å²) >= 11 is 0. The standard InChI is InChI=1S/C14H15F3N2O5/c1-20-9-4-8(5-10(21-2)12(9)22-3)13-18-11(24-19-13)6-23-7-14(15,16)17/h4-5H,6-7H2,1-3H3. The molecule has 2 rings (SSSR count). The molecule has 0 atom stereocenters. The molecule has 24 heavy (non-hydrogen) atoms. The van der Waals surface area contributed by atoms with Crippen LogP contribution in [0.5, 0.6) is 17.2 Å². The topological polar surface area (TPSA) is 75.8 Å². The summed E-state index contributed by atoms with van der Waals surface area (Å²) in [5.74, 6) is 1.22. The molecule has 0 radical (unpaired) electrons. The summed E-state index contributed by atoms with van der Waals surface area (Å²) in [6.07, 6.45) is -4.42. The lowest BCUT2D eigenvalue weighted by Crippen LogP contribution is -2.16. The molecule has 10 heteroatoms. The first kappa shape index (κ1) is 17.9. The zero-order chi connectivity index (χ0) is 17.7. The lowest BCUT2D eigenvalue weighted by Gasteiger charge is -2.12. The number of rotatable bonds is 7. The molecule has 0 saturated heterocycles. The van der Waals surface area contributed by atoms with Crippen LogP contribution in [0.1, 0.15) is 5.89 Å². The Balaban J connectivity index is 2.20. The monoisotopic (exact) mass is 348 g/mol. The van der Waals surface area contributed by atoms with Gasteiger partial charge in [-0.05, 0) is 12.1 Å². The molecule has 132 valence electrons. The van der Waals surface area contributed by atoms with Crippen molar-refractivity contribution in [3.05, 3.63) is 18.0 Å². The van der Waals surface area contributed by atoms with E-state index in [1.54, 1.807) is 12.1 Å². The van der Waals surface area contributed by atoms with Gasteiger partial charge in [0.15, 0.2) is 11.5 Å². The second kappa shape index (κ2) is 7.39. The molecular weight excluding hydrogens is 333 g/mol. The largest absolute Gasteiger partial charge is 0.493 e. The number of ether oxygens (including phenoxy) is 4. The number of methoxy groups -OCH3 is 3. The number of alkyl halides is 3. The molecule has 0 aliphatic heterocycles. The number of nitrogens with zero attached hydrogens (tertiary/aromatic N) is 2. The van der Waals surface area contributed by atoms with E-state index in [0.717, 1.165) is 0 Å². The maximum atomic E-state index is 12.0. The third kappa shape index (κ3) is 4.28. The Kier molecular flexibility index (Phi) is 5.50. The summed E-state index contributed by atoms with van der Waals surface area (Å²) in [6, 6.07) is 3.18. The van der Waals surface area contributed by atoms with Crippen molar-refractivity contribution in [3.63, 3.8) is 0 Å². The van der Waals surface area contributed by atoms with Crippen molar-refractivity contribution < 1.29 is 36.6 Å². The highest BCUT2D eigenvalue weighted by Gasteiger charge is 2.27. The molecule has 0 saturated carbocycles. The van der Waals surface area contributed by atoms with Gasteiger partial charge in [-0.15, -0.1) is 0 Å². The lowest BCUT2D eigenvalue weighted by molar-refractivity contribution is -0.178. The number of hydrogen-bond donors (Lipinski definition) is 0. The van der Waals surface area contributed by atoms with Gasteiger partial charge in [-0.25, -0.2) is 0 Å². The first-order valence-electron chi connectivity index (χ1n) is 6.65. The number of benzene rings is 1. The number of halogens is 3. The highest BCUT2D eigenvalue weighted by Crippen LogP contribution is 2.40. The summed E-state index contributed by atoms with van der Waals surface area (Å²) in [6.45, 7) is -1.84. The second-order valence-corrected chi connectivity index (χ2v) is 4.53. The van der Waals surface area contributed by atoms with Crippen molar-refractivity contribution in [2.75, 3.05) is 27.9 Å². The van der Waals surface area contributed by atoms with Crippen LogP contribution in [-0.2, 0) is 11.3 Å². The minimum absolute atomic E-state index is 0.0806. The third-order valence-corrected chi connectivity index (χ3v) is 2.88.